The number of aliphatic carboxylic acids is 1. The van der Waals surface area contributed by atoms with Crippen LogP contribution in [0.2, 0.25) is 0 Å². The number of oxazole rings is 1. The topological polar surface area (TPSA) is 92.4 Å². The van der Waals surface area contributed by atoms with Crippen LogP contribution in [-0.2, 0) is 17.6 Å². The number of carbonyl (C=O) groups excluding carboxylic acids is 1. The minimum absolute atomic E-state index is 0.147. The molecular weight excluding hydrogens is 560 g/mol. The molecule has 4 aromatic carbocycles. The molecule has 0 bridgehead atoms. The molecule has 0 spiro atoms. The van der Waals surface area contributed by atoms with E-state index in [-0.39, 0.29) is 5.92 Å². The molecule has 0 radical (unpaired) electrons. The van der Waals surface area contributed by atoms with E-state index < -0.39 is 17.8 Å². The van der Waals surface area contributed by atoms with Gasteiger partial charge in [-0.05, 0) is 55.2 Å². The first-order valence-electron chi connectivity index (χ1n) is 15.5. The molecule has 5 aromatic rings. The Bertz CT molecular complexity index is 1720. The molecular formula is C39H36N2O4. The van der Waals surface area contributed by atoms with Gasteiger partial charge in [-0.25, -0.2) is 4.98 Å². The van der Waals surface area contributed by atoms with Gasteiger partial charge in [-0.15, -0.1) is 0 Å². The highest BCUT2D eigenvalue weighted by Crippen LogP contribution is 2.40. The zero-order chi connectivity index (χ0) is 31.0. The van der Waals surface area contributed by atoms with Crippen molar-refractivity contribution in [3.05, 3.63) is 144 Å². The summed E-state index contributed by atoms with van der Waals surface area (Å²) in [7, 11) is 0. The van der Waals surface area contributed by atoms with Crippen LogP contribution in [-0.4, -0.2) is 34.4 Å². The van der Waals surface area contributed by atoms with E-state index in [4.69, 9.17) is 9.40 Å². The molecule has 2 atom stereocenters. The Morgan fingerprint density at radius 3 is 2.22 bits per heavy atom. The lowest BCUT2D eigenvalue weighted by Crippen LogP contribution is -2.44. The summed E-state index contributed by atoms with van der Waals surface area (Å²) in [6.45, 7) is 0.384. The van der Waals surface area contributed by atoms with Crippen LogP contribution in [0.15, 0.2) is 126 Å². The Kier molecular flexibility index (Phi) is 9.42. The molecule has 1 aromatic heterocycles. The molecule has 6 heteroatoms. The highest BCUT2D eigenvalue weighted by atomic mass is 16.4. The predicted octanol–water partition coefficient (Wildman–Crippen LogP) is 7.90. The monoisotopic (exact) mass is 596 g/mol. The van der Waals surface area contributed by atoms with Crippen molar-refractivity contribution < 1.29 is 19.1 Å². The summed E-state index contributed by atoms with van der Waals surface area (Å²) >= 11 is 0. The average Bonchev–Trinajstić information content (AvgIpc) is 3.53. The second-order valence-corrected chi connectivity index (χ2v) is 11.4. The zero-order valence-electron chi connectivity index (χ0n) is 25.1. The fourth-order valence-electron chi connectivity index (χ4n) is 6.04. The molecule has 1 aliphatic carbocycles. The largest absolute Gasteiger partial charge is 0.480 e. The fraction of sp³-hybridized carbons (Fsp3) is 0.205. The van der Waals surface area contributed by atoms with Crippen molar-refractivity contribution in [2.24, 2.45) is 5.92 Å². The number of Topliss-reactive ketones (excluding diaryl/α,β-unsaturated/α-hetero) is 1. The van der Waals surface area contributed by atoms with Crippen LogP contribution in [0.4, 0.5) is 0 Å². The number of ketones is 1. The summed E-state index contributed by atoms with van der Waals surface area (Å²) in [6, 6.07) is 36.0. The van der Waals surface area contributed by atoms with E-state index in [1.807, 2.05) is 109 Å². The van der Waals surface area contributed by atoms with E-state index in [0.717, 1.165) is 58.5 Å². The van der Waals surface area contributed by atoms with Gasteiger partial charge in [-0.3, -0.25) is 14.9 Å². The fourth-order valence-corrected chi connectivity index (χ4v) is 6.04. The average molecular weight is 597 g/mol. The van der Waals surface area contributed by atoms with Gasteiger partial charge in [-0.1, -0.05) is 115 Å². The Labute approximate surface area is 263 Å². The van der Waals surface area contributed by atoms with E-state index in [0.29, 0.717) is 30.8 Å². The van der Waals surface area contributed by atoms with Gasteiger partial charge in [0.1, 0.15) is 5.69 Å². The van der Waals surface area contributed by atoms with Crippen LogP contribution < -0.4 is 5.32 Å². The summed E-state index contributed by atoms with van der Waals surface area (Å²) in [5.74, 6) is -0.102. The third-order valence-electron chi connectivity index (χ3n) is 8.33. The number of benzene rings is 4. The summed E-state index contributed by atoms with van der Waals surface area (Å²) in [5, 5.41) is 12.8. The Morgan fingerprint density at radius 1 is 0.844 bits per heavy atom. The number of hydrogen-bond acceptors (Lipinski definition) is 5. The standard InChI is InChI=1S/C39H36N2O4/c42-36(35(39(43)44)40-24-23-27-13-4-1-5-14-27)32-21-12-15-28(26-32)25-31-20-10-11-22-33(31)38-41-34(29-16-6-2-7-17-29)37(45-38)30-18-8-3-9-19-30/h1-9,12-19,21-22,26,31,35,40H,10-11,20,23-25H2,(H,43,44). The zero-order valence-corrected chi connectivity index (χ0v) is 25.1. The minimum Gasteiger partial charge on any atom is -0.480 e. The molecule has 2 unspecified atom stereocenters. The van der Waals surface area contributed by atoms with E-state index in [1.165, 1.54) is 0 Å². The molecule has 0 aliphatic heterocycles. The SMILES string of the molecule is O=C(O)C(NCCc1ccccc1)C(=O)c1cccc(CC2CCCC=C2c2nc(-c3ccccc3)c(-c3ccccc3)o2)c1. The number of rotatable bonds is 12. The van der Waals surface area contributed by atoms with Gasteiger partial charge in [0.05, 0.1) is 0 Å². The molecule has 2 N–H and O–H groups in total. The van der Waals surface area contributed by atoms with E-state index in [1.54, 1.807) is 6.07 Å². The number of hydrogen-bond donors (Lipinski definition) is 2. The van der Waals surface area contributed by atoms with Gasteiger partial charge in [0.25, 0.3) is 0 Å². The number of nitrogens with one attached hydrogen (secondary N) is 1. The van der Waals surface area contributed by atoms with Crippen molar-refractivity contribution in [1.29, 1.82) is 0 Å². The van der Waals surface area contributed by atoms with Crippen molar-refractivity contribution >= 4 is 17.3 Å². The maximum absolute atomic E-state index is 13.4. The highest BCUT2D eigenvalue weighted by Gasteiger charge is 2.29. The highest BCUT2D eigenvalue weighted by molar-refractivity contribution is 6.11. The molecule has 0 amide bonds. The first-order valence-corrected chi connectivity index (χ1v) is 15.5. The van der Waals surface area contributed by atoms with Gasteiger partial charge in [-0.2, -0.15) is 0 Å². The van der Waals surface area contributed by atoms with Crippen LogP contribution >= 0.6 is 0 Å². The molecule has 226 valence electrons. The van der Waals surface area contributed by atoms with Crippen molar-refractivity contribution in [3.8, 4) is 22.6 Å². The quantitative estimate of drug-likeness (QED) is 0.112. The van der Waals surface area contributed by atoms with Gasteiger partial charge >= 0.3 is 5.97 Å². The molecule has 45 heavy (non-hydrogen) atoms. The Hall–Kier alpha value is -5.07. The second kappa shape index (κ2) is 14.1. The van der Waals surface area contributed by atoms with Crippen molar-refractivity contribution in [2.75, 3.05) is 6.54 Å². The maximum Gasteiger partial charge on any atom is 0.328 e. The molecule has 0 saturated carbocycles. The lowest BCUT2D eigenvalue weighted by molar-refractivity contribution is -0.138. The van der Waals surface area contributed by atoms with Crippen LogP contribution in [0.25, 0.3) is 28.2 Å². The van der Waals surface area contributed by atoms with Crippen LogP contribution in [0.1, 0.15) is 46.6 Å². The Balaban J connectivity index is 1.22. The van der Waals surface area contributed by atoms with Crippen LogP contribution in [0.3, 0.4) is 0 Å². The lowest BCUT2D eigenvalue weighted by Gasteiger charge is -2.23. The number of nitrogens with zero attached hydrogens (tertiary/aromatic N) is 1. The number of carboxylic acid groups (broad SMARTS) is 1. The molecule has 0 fully saturated rings. The molecule has 1 aliphatic rings. The minimum atomic E-state index is -1.31. The molecule has 6 nitrogen and oxygen atoms in total. The van der Waals surface area contributed by atoms with Crippen molar-refractivity contribution in [3.63, 3.8) is 0 Å². The predicted molar refractivity (Wildman–Crippen MR) is 177 cm³/mol. The van der Waals surface area contributed by atoms with E-state index in [9.17, 15) is 14.7 Å². The summed E-state index contributed by atoms with van der Waals surface area (Å²) in [6.07, 6.45) is 6.52. The van der Waals surface area contributed by atoms with Crippen molar-refractivity contribution in [2.45, 2.75) is 38.1 Å². The van der Waals surface area contributed by atoms with Gasteiger partial charge < -0.3 is 9.52 Å². The van der Waals surface area contributed by atoms with Crippen molar-refractivity contribution in [1.82, 2.24) is 10.3 Å². The third kappa shape index (κ3) is 7.19. The van der Waals surface area contributed by atoms with Crippen LogP contribution in [0, 0.1) is 5.92 Å². The number of carboxylic acids is 1. The Morgan fingerprint density at radius 2 is 1.51 bits per heavy atom. The van der Waals surface area contributed by atoms with Gasteiger partial charge in [0.2, 0.25) is 5.89 Å². The first-order chi connectivity index (χ1) is 22.1. The van der Waals surface area contributed by atoms with E-state index in [2.05, 4.69) is 11.4 Å². The summed E-state index contributed by atoms with van der Waals surface area (Å²) in [4.78, 5) is 30.5. The third-order valence-corrected chi connectivity index (χ3v) is 8.33. The van der Waals surface area contributed by atoms with Gasteiger partial charge in [0.15, 0.2) is 17.6 Å². The van der Waals surface area contributed by atoms with Gasteiger partial charge in [0, 0.05) is 28.8 Å². The molecule has 0 saturated heterocycles. The smallest absolute Gasteiger partial charge is 0.328 e. The maximum atomic E-state index is 13.4. The molecule has 6 rings (SSSR count). The summed E-state index contributed by atoms with van der Waals surface area (Å²) in [5.41, 5.74) is 6.30. The lowest BCUT2D eigenvalue weighted by atomic mass is 9.82. The number of allylic oxidation sites excluding steroid dienone is 2. The first kappa shape index (κ1) is 30.0. The molecule has 1 heterocycles. The summed E-state index contributed by atoms with van der Waals surface area (Å²) < 4.78 is 6.54. The van der Waals surface area contributed by atoms with E-state index >= 15 is 0 Å². The normalized spacial score (nSPS) is 15.3. The van der Waals surface area contributed by atoms with Crippen LogP contribution in [0.5, 0.6) is 0 Å². The number of carbonyl (C=O) groups is 2. The number of aromatic nitrogens is 1. The second-order valence-electron chi connectivity index (χ2n) is 11.4.